The molecule has 0 aliphatic rings. The molecule has 1 heterocycles. The zero-order valence-electron chi connectivity index (χ0n) is 5.58. The van der Waals surface area contributed by atoms with Gasteiger partial charge < -0.3 is 0 Å². The average molecular weight is 136 g/mol. The van der Waals surface area contributed by atoms with Gasteiger partial charge >= 0.3 is 0 Å². The SMILES string of the molecule is C=CCc1nonc1C=C. The van der Waals surface area contributed by atoms with E-state index in [4.69, 9.17) is 0 Å². The molecule has 3 nitrogen and oxygen atoms in total. The van der Waals surface area contributed by atoms with Crippen molar-refractivity contribution >= 4 is 6.08 Å². The fraction of sp³-hybridized carbons (Fsp3) is 0.143. The maximum atomic E-state index is 4.47. The van der Waals surface area contributed by atoms with Gasteiger partial charge in [-0.1, -0.05) is 23.0 Å². The molecule has 1 aromatic heterocycles. The van der Waals surface area contributed by atoms with E-state index < -0.39 is 0 Å². The summed E-state index contributed by atoms with van der Waals surface area (Å²) in [5.41, 5.74) is 1.48. The van der Waals surface area contributed by atoms with Crippen molar-refractivity contribution in [1.82, 2.24) is 10.3 Å². The topological polar surface area (TPSA) is 38.9 Å². The third-order valence-electron chi connectivity index (χ3n) is 1.12. The summed E-state index contributed by atoms with van der Waals surface area (Å²) in [4.78, 5) is 0. The maximum absolute atomic E-state index is 4.47. The van der Waals surface area contributed by atoms with Gasteiger partial charge in [-0.15, -0.1) is 6.58 Å². The highest BCUT2D eigenvalue weighted by Crippen LogP contribution is 2.04. The molecule has 0 amide bonds. The molecule has 0 unspecified atom stereocenters. The van der Waals surface area contributed by atoms with Crippen LogP contribution in [-0.2, 0) is 6.42 Å². The highest BCUT2D eigenvalue weighted by Gasteiger charge is 2.02. The van der Waals surface area contributed by atoms with E-state index >= 15 is 0 Å². The minimum atomic E-state index is 0.671. The predicted molar refractivity (Wildman–Crippen MR) is 38.3 cm³/mol. The Morgan fingerprint density at radius 2 is 2.20 bits per heavy atom. The second-order valence-corrected chi connectivity index (χ2v) is 1.79. The second kappa shape index (κ2) is 2.96. The Morgan fingerprint density at radius 3 is 2.80 bits per heavy atom. The largest absolute Gasteiger partial charge is 0.244 e. The first-order valence-electron chi connectivity index (χ1n) is 2.93. The van der Waals surface area contributed by atoms with E-state index in [-0.39, 0.29) is 0 Å². The van der Waals surface area contributed by atoms with Crippen LogP contribution in [0.4, 0.5) is 0 Å². The molecule has 0 atom stereocenters. The molecule has 0 fully saturated rings. The summed E-state index contributed by atoms with van der Waals surface area (Å²) in [6.07, 6.45) is 4.02. The van der Waals surface area contributed by atoms with Gasteiger partial charge in [0.15, 0.2) is 0 Å². The molecule has 1 aromatic rings. The van der Waals surface area contributed by atoms with Gasteiger partial charge in [-0.2, -0.15) is 0 Å². The summed E-state index contributed by atoms with van der Waals surface area (Å²) in [6.45, 7) is 7.12. The summed E-state index contributed by atoms with van der Waals surface area (Å²) in [7, 11) is 0. The lowest BCUT2D eigenvalue weighted by Gasteiger charge is -1.83. The summed E-state index contributed by atoms with van der Waals surface area (Å²) >= 11 is 0. The van der Waals surface area contributed by atoms with Crippen molar-refractivity contribution in [3.8, 4) is 0 Å². The first-order chi connectivity index (χ1) is 4.88. The normalized spacial score (nSPS) is 9.20. The Hall–Kier alpha value is -1.38. The van der Waals surface area contributed by atoms with Crippen LogP contribution in [0.5, 0.6) is 0 Å². The highest BCUT2D eigenvalue weighted by molar-refractivity contribution is 5.43. The van der Waals surface area contributed by atoms with Crippen LogP contribution in [0.2, 0.25) is 0 Å². The number of rotatable bonds is 3. The van der Waals surface area contributed by atoms with Gasteiger partial charge in [-0.3, -0.25) is 0 Å². The second-order valence-electron chi connectivity index (χ2n) is 1.79. The van der Waals surface area contributed by atoms with Crippen molar-refractivity contribution in [3.05, 3.63) is 30.6 Å². The van der Waals surface area contributed by atoms with Gasteiger partial charge in [0.05, 0.1) is 0 Å². The summed E-state index contributed by atoms with van der Waals surface area (Å²) in [5, 5.41) is 7.25. The van der Waals surface area contributed by atoms with Crippen LogP contribution < -0.4 is 0 Å². The number of hydrogen-bond acceptors (Lipinski definition) is 3. The Kier molecular flexibility index (Phi) is 1.99. The maximum Gasteiger partial charge on any atom is 0.130 e. The van der Waals surface area contributed by atoms with Gasteiger partial charge in [-0.25, -0.2) is 4.63 Å². The molecule has 10 heavy (non-hydrogen) atoms. The molecule has 0 saturated heterocycles. The van der Waals surface area contributed by atoms with Crippen molar-refractivity contribution in [2.75, 3.05) is 0 Å². The molecular weight excluding hydrogens is 128 g/mol. The van der Waals surface area contributed by atoms with Crippen molar-refractivity contribution in [2.45, 2.75) is 6.42 Å². The van der Waals surface area contributed by atoms with Crippen LogP contribution in [0.25, 0.3) is 6.08 Å². The lowest BCUT2D eigenvalue weighted by Crippen LogP contribution is -1.83. The zero-order chi connectivity index (χ0) is 7.40. The van der Waals surface area contributed by atoms with Gasteiger partial charge in [0.2, 0.25) is 0 Å². The fourth-order valence-electron chi connectivity index (χ4n) is 0.647. The molecule has 0 aliphatic heterocycles. The zero-order valence-corrected chi connectivity index (χ0v) is 5.58. The summed E-state index contributed by atoms with van der Waals surface area (Å²) in [6, 6.07) is 0. The monoisotopic (exact) mass is 136 g/mol. The third-order valence-corrected chi connectivity index (χ3v) is 1.12. The Bertz CT molecular complexity index is 240. The molecule has 3 heteroatoms. The van der Waals surface area contributed by atoms with Crippen LogP contribution in [-0.4, -0.2) is 10.3 Å². The third kappa shape index (κ3) is 1.13. The lowest BCUT2D eigenvalue weighted by molar-refractivity contribution is 0.303. The molecule has 0 aromatic carbocycles. The van der Waals surface area contributed by atoms with Crippen molar-refractivity contribution in [2.24, 2.45) is 0 Å². The Balaban J connectivity index is 2.89. The number of hydrogen-bond donors (Lipinski definition) is 0. The number of aromatic nitrogens is 2. The van der Waals surface area contributed by atoms with E-state index in [1.807, 2.05) is 0 Å². The van der Waals surface area contributed by atoms with Gasteiger partial charge in [-0.05, 0) is 6.08 Å². The van der Waals surface area contributed by atoms with E-state index in [0.717, 1.165) is 5.69 Å². The fourth-order valence-corrected chi connectivity index (χ4v) is 0.647. The van der Waals surface area contributed by atoms with E-state index in [9.17, 15) is 0 Å². The molecule has 52 valence electrons. The van der Waals surface area contributed by atoms with Gasteiger partial charge in [0.25, 0.3) is 0 Å². The minimum absolute atomic E-state index is 0.671. The van der Waals surface area contributed by atoms with Crippen molar-refractivity contribution in [3.63, 3.8) is 0 Å². The first-order valence-corrected chi connectivity index (χ1v) is 2.93. The van der Waals surface area contributed by atoms with Crippen LogP contribution >= 0.6 is 0 Å². The van der Waals surface area contributed by atoms with E-state index in [0.29, 0.717) is 12.1 Å². The predicted octanol–water partition coefficient (Wildman–Crippen LogP) is 1.44. The average Bonchev–Trinajstić information content (AvgIpc) is 2.36. The van der Waals surface area contributed by atoms with Gasteiger partial charge in [0, 0.05) is 6.42 Å². The van der Waals surface area contributed by atoms with E-state index in [1.165, 1.54) is 0 Å². The molecule has 0 bridgehead atoms. The molecular formula is C7H8N2O. The van der Waals surface area contributed by atoms with Crippen LogP contribution in [0.3, 0.4) is 0 Å². The van der Waals surface area contributed by atoms with E-state index in [1.54, 1.807) is 12.2 Å². The molecule has 0 aliphatic carbocycles. The molecule has 0 spiro atoms. The summed E-state index contributed by atoms with van der Waals surface area (Å²) in [5.74, 6) is 0. The summed E-state index contributed by atoms with van der Waals surface area (Å²) < 4.78 is 4.47. The first kappa shape index (κ1) is 6.74. The van der Waals surface area contributed by atoms with Crippen LogP contribution in [0.15, 0.2) is 23.9 Å². The van der Waals surface area contributed by atoms with Gasteiger partial charge in [0.1, 0.15) is 11.4 Å². The Morgan fingerprint density at radius 1 is 1.40 bits per heavy atom. The molecule has 0 saturated carbocycles. The van der Waals surface area contributed by atoms with E-state index in [2.05, 4.69) is 28.1 Å². The number of allylic oxidation sites excluding steroid dienone is 1. The number of nitrogens with zero attached hydrogens (tertiary/aromatic N) is 2. The molecule has 0 radical (unpaired) electrons. The highest BCUT2D eigenvalue weighted by atomic mass is 16.6. The van der Waals surface area contributed by atoms with Crippen LogP contribution in [0.1, 0.15) is 11.4 Å². The Labute approximate surface area is 59.0 Å². The molecule has 0 N–H and O–H groups in total. The minimum Gasteiger partial charge on any atom is -0.244 e. The standard InChI is InChI=1S/C7H8N2O/c1-3-5-7-6(4-2)8-10-9-7/h3-4H,1-2,5H2. The molecule has 1 rings (SSSR count). The van der Waals surface area contributed by atoms with Crippen LogP contribution in [0, 0.1) is 0 Å². The quantitative estimate of drug-likeness (QED) is 0.590. The van der Waals surface area contributed by atoms with Crippen molar-refractivity contribution in [1.29, 1.82) is 0 Å². The van der Waals surface area contributed by atoms with Crippen molar-refractivity contribution < 1.29 is 4.63 Å². The lowest BCUT2D eigenvalue weighted by atomic mass is 10.2. The smallest absolute Gasteiger partial charge is 0.130 e.